The zero-order valence-corrected chi connectivity index (χ0v) is 10.2. The molecule has 0 aliphatic heterocycles. The van der Waals surface area contributed by atoms with Gasteiger partial charge in [0.2, 0.25) is 0 Å². The van der Waals surface area contributed by atoms with E-state index >= 15 is 0 Å². The van der Waals surface area contributed by atoms with Gasteiger partial charge in [-0.15, -0.1) is 11.3 Å². The highest BCUT2D eigenvalue weighted by Gasteiger charge is 2.16. The van der Waals surface area contributed by atoms with Crippen molar-refractivity contribution in [1.82, 2.24) is 4.98 Å². The van der Waals surface area contributed by atoms with E-state index in [4.69, 9.17) is 0 Å². The molecule has 1 aromatic carbocycles. The zero-order valence-electron chi connectivity index (χ0n) is 9.34. The first kappa shape index (κ1) is 12.8. The number of thiazole rings is 1. The molecule has 0 fully saturated rings. The number of ketones is 1. The number of aryl methyl sites for hydroxylation is 1. The smallest absolute Gasteiger partial charge is 0.194 e. The van der Waals surface area contributed by atoms with E-state index in [2.05, 4.69) is 4.98 Å². The zero-order chi connectivity index (χ0) is 13.3. The third-order valence-electron chi connectivity index (χ3n) is 2.28. The van der Waals surface area contributed by atoms with Gasteiger partial charge < -0.3 is 0 Å². The van der Waals surface area contributed by atoms with Gasteiger partial charge in [-0.1, -0.05) is 0 Å². The van der Waals surface area contributed by atoms with Gasteiger partial charge in [0, 0.05) is 16.6 Å². The van der Waals surface area contributed by atoms with Crippen molar-refractivity contribution in [2.45, 2.75) is 13.3 Å². The van der Waals surface area contributed by atoms with E-state index in [-0.39, 0.29) is 12.0 Å². The summed E-state index contributed by atoms with van der Waals surface area (Å²) in [6, 6.07) is 1.39. The Hall–Kier alpha value is -1.69. The lowest BCUT2D eigenvalue weighted by atomic mass is 10.1. The van der Waals surface area contributed by atoms with Crippen LogP contribution in [0.25, 0.3) is 0 Å². The van der Waals surface area contributed by atoms with Crippen LogP contribution in [0.2, 0.25) is 0 Å². The van der Waals surface area contributed by atoms with Crippen LogP contribution in [0.5, 0.6) is 0 Å². The number of Topliss-reactive ketones (excluding diaryl/α,β-unsaturated/α-hetero) is 1. The first-order chi connectivity index (χ1) is 8.47. The molecule has 0 amide bonds. The van der Waals surface area contributed by atoms with Crippen LogP contribution < -0.4 is 0 Å². The summed E-state index contributed by atoms with van der Waals surface area (Å²) < 4.78 is 38.7. The fraction of sp³-hybridized carbons (Fsp3) is 0.167. The summed E-state index contributed by atoms with van der Waals surface area (Å²) in [5, 5.41) is 2.33. The molecule has 2 rings (SSSR count). The van der Waals surface area contributed by atoms with Gasteiger partial charge in [0.1, 0.15) is 5.01 Å². The molecule has 18 heavy (non-hydrogen) atoms. The van der Waals surface area contributed by atoms with Gasteiger partial charge in [-0.25, -0.2) is 18.2 Å². The van der Waals surface area contributed by atoms with Crippen molar-refractivity contribution in [3.05, 3.63) is 51.2 Å². The second-order valence-electron chi connectivity index (χ2n) is 3.74. The molecule has 0 saturated heterocycles. The Kier molecular flexibility index (Phi) is 3.47. The lowest BCUT2D eigenvalue weighted by Gasteiger charge is -2.01. The molecule has 0 N–H and O–H groups in total. The predicted octanol–water partition coefficient (Wildman–Crippen LogP) is 3.29. The molecule has 0 radical (unpaired) electrons. The first-order valence-electron chi connectivity index (χ1n) is 5.06. The maximum atomic E-state index is 13.0. The van der Waals surface area contributed by atoms with E-state index < -0.39 is 23.2 Å². The molecule has 2 aromatic rings. The van der Waals surface area contributed by atoms with E-state index in [0.29, 0.717) is 17.1 Å². The third-order valence-corrected chi connectivity index (χ3v) is 3.25. The number of carbonyl (C=O) groups excluding carboxylic acids is 1. The minimum Gasteiger partial charge on any atom is -0.294 e. The van der Waals surface area contributed by atoms with Crippen molar-refractivity contribution in [2.75, 3.05) is 0 Å². The minimum atomic E-state index is -1.57. The Morgan fingerprint density at radius 3 is 2.39 bits per heavy atom. The van der Waals surface area contributed by atoms with Gasteiger partial charge in [0.25, 0.3) is 0 Å². The van der Waals surface area contributed by atoms with Crippen molar-refractivity contribution in [3.63, 3.8) is 0 Å². The molecule has 94 valence electrons. The van der Waals surface area contributed by atoms with Crippen LogP contribution in [-0.4, -0.2) is 10.8 Å². The predicted molar refractivity (Wildman–Crippen MR) is 61.2 cm³/mol. The maximum Gasteiger partial charge on any atom is 0.194 e. The van der Waals surface area contributed by atoms with E-state index in [0.717, 1.165) is 5.69 Å². The molecule has 1 aromatic heterocycles. The Morgan fingerprint density at radius 2 is 1.89 bits per heavy atom. The average molecular weight is 271 g/mol. The molecular formula is C12H8F3NOS. The minimum absolute atomic E-state index is 0.0526. The summed E-state index contributed by atoms with van der Waals surface area (Å²) >= 11 is 1.29. The maximum absolute atomic E-state index is 13.0. The first-order valence-corrected chi connectivity index (χ1v) is 5.94. The molecule has 0 spiro atoms. The lowest BCUT2D eigenvalue weighted by Crippen LogP contribution is -2.06. The monoisotopic (exact) mass is 271 g/mol. The molecule has 0 aliphatic rings. The van der Waals surface area contributed by atoms with Gasteiger partial charge in [-0.2, -0.15) is 0 Å². The summed E-state index contributed by atoms with van der Waals surface area (Å²) in [5.74, 6) is -4.80. The van der Waals surface area contributed by atoms with E-state index in [1.165, 1.54) is 11.3 Å². The molecule has 0 atom stereocenters. The van der Waals surface area contributed by atoms with Crippen molar-refractivity contribution in [3.8, 4) is 0 Å². The van der Waals surface area contributed by atoms with E-state index in [9.17, 15) is 18.0 Å². The number of carbonyl (C=O) groups is 1. The lowest BCUT2D eigenvalue weighted by molar-refractivity contribution is 0.0992. The van der Waals surface area contributed by atoms with Crippen molar-refractivity contribution < 1.29 is 18.0 Å². The summed E-state index contributed by atoms with van der Waals surface area (Å²) in [6.07, 6.45) is -0.0526. The molecular weight excluding hydrogens is 263 g/mol. The molecule has 6 heteroatoms. The Morgan fingerprint density at radius 1 is 1.28 bits per heavy atom. The van der Waals surface area contributed by atoms with Gasteiger partial charge in [0.15, 0.2) is 23.2 Å². The molecule has 2 nitrogen and oxygen atoms in total. The SMILES string of the molecule is Cc1csc(CC(=O)c2cc(F)c(F)c(F)c2)n1. The second-order valence-corrected chi connectivity index (χ2v) is 4.68. The molecule has 0 saturated carbocycles. The van der Waals surface area contributed by atoms with Crippen molar-refractivity contribution in [2.24, 2.45) is 0 Å². The number of hydrogen-bond donors (Lipinski definition) is 0. The van der Waals surface area contributed by atoms with Gasteiger partial charge in [0.05, 0.1) is 6.42 Å². The summed E-state index contributed by atoms with van der Waals surface area (Å²) in [7, 11) is 0. The number of benzene rings is 1. The van der Waals surface area contributed by atoms with Gasteiger partial charge in [-0.3, -0.25) is 4.79 Å². The van der Waals surface area contributed by atoms with Gasteiger partial charge >= 0.3 is 0 Å². The fourth-order valence-corrected chi connectivity index (χ4v) is 2.21. The third kappa shape index (κ3) is 2.59. The Labute approximate surface area is 105 Å². The number of nitrogens with zero attached hydrogens (tertiary/aromatic N) is 1. The van der Waals surface area contributed by atoms with Crippen molar-refractivity contribution in [1.29, 1.82) is 0 Å². The summed E-state index contributed by atoms with van der Waals surface area (Å²) in [5.41, 5.74) is 0.582. The van der Waals surface area contributed by atoms with Crippen LogP contribution in [0, 0.1) is 24.4 Å². The van der Waals surface area contributed by atoms with Crippen LogP contribution in [0.1, 0.15) is 21.1 Å². The number of halogens is 3. The molecule has 0 bridgehead atoms. The Bertz CT molecular complexity index is 586. The summed E-state index contributed by atoms with van der Waals surface area (Å²) in [4.78, 5) is 15.8. The van der Waals surface area contributed by atoms with Crippen LogP contribution in [0.3, 0.4) is 0 Å². The molecule has 0 aliphatic carbocycles. The Balaban J connectivity index is 2.24. The van der Waals surface area contributed by atoms with Crippen LogP contribution >= 0.6 is 11.3 Å². The highest BCUT2D eigenvalue weighted by atomic mass is 32.1. The standard InChI is InChI=1S/C12H8F3NOS/c1-6-5-18-11(16-6)4-10(17)7-2-8(13)12(15)9(14)3-7/h2-3,5H,4H2,1H3. The van der Waals surface area contributed by atoms with Crippen LogP contribution in [0.4, 0.5) is 13.2 Å². The highest BCUT2D eigenvalue weighted by Crippen LogP contribution is 2.17. The van der Waals surface area contributed by atoms with Crippen LogP contribution in [0.15, 0.2) is 17.5 Å². The van der Waals surface area contributed by atoms with E-state index in [1.54, 1.807) is 12.3 Å². The molecule has 1 heterocycles. The van der Waals surface area contributed by atoms with E-state index in [1.807, 2.05) is 0 Å². The fourth-order valence-electron chi connectivity index (χ4n) is 1.44. The molecule has 0 unspecified atom stereocenters. The normalized spacial score (nSPS) is 10.7. The number of hydrogen-bond acceptors (Lipinski definition) is 3. The van der Waals surface area contributed by atoms with Gasteiger partial charge in [-0.05, 0) is 19.1 Å². The quantitative estimate of drug-likeness (QED) is 0.633. The largest absolute Gasteiger partial charge is 0.294 e. The highest BCUT2D eigenvalue weighted by molar-refractivity contribution is 7.09. The second kappa shape index (κ2) is 4.89. The average Bonchev–Trinajstić information content (AvgIpc) is 2.71. The topological polar surface area (TPSA) is 30.0 Å². The number of aromatic nitrogens is 1. The summed E-state index contributed by atoms with van der Waals surface area (Å²) in [6.45, 7) is 1.78. The number of rotatable bonds is 3. The van der Waals surface area contributed by atoms with Crippen LogP contribution in [-0.2, 0) is 6.42 Å². The van der Waals surface area contributed by atoms with Crippen molar-refractivity contribution >= 4 is 17.1 Å².